The number of carbonyl (C=O) groups excluding carboxylic acids is 1. The highest BCUT2D eigenvalue weighted by Crippen LogP contribution is 2.39. The third kappa shape index (κ3) is 5.71. The molecule has 206 valence electrons. The number of nitrogens with zero attached hydrogens (tertiary/aromatic N) is 2. The molecule has 11 heteroatoms. The predicted molar refractivity (Wildman–Crippen MR) is 158 cm³/mol. The van der Waals surface area contributed by atoms with Gasteiger partial charge in [-0.2, -0.15) is 0 Å². The first kappa shape index (κ1) is 29.1. The molecule has 0 amide bonds. The zero-order chi connectivity index (χ0) is 28.3. The number of esters is 1. The minimum absolute atomic E-state index is 0.190. The summed E-state index contributed by atoms with van der Waals surface area (Å²) in [5, 5.41) is 0. The number of aromatic nitrogens is 1. The molecule has 39 heavy (non-hydrogen) atoms. The summed E-state index contributed by atoms with van der Waals surface area (Å²) in [6.45, 7) is 3.95. The number of ether oxygens (including phenoxy) is 4. The van der Waals surface area contributed by atoms with Gasteiger partial charge in [-0.3, -0.25) is 9.36 Å². The van der Waals surface area contributed by atoms with Crippen LogP contribution in [0.15, 0.2) is 60.3 Å². The monoisotopic (exact) mass is 678 g/mol. The SMILES string of the molecule is CCCC1=C(C(=O)OCC)[C@H](c2cc(OC)ccc2OC)n2c(s/c(=C\c3cc(Br)c(OC)c(Br)c3)c2=O)=N1. The minimum Gasteiger partial charge on any atom is -0.497 e. The van der Waals surface area contributed by atoms with E-state index in [1.54, 1.807) is 57.1 Å². The number of fused-ring (bicyclic) bond motifs is 1. The Morgan fingerprint density at radius 3 is 2.38 bits per heavy atom. The topological polar surface area (TPSA) is 88.4 Å². The van der Waals surface area contributed by atoms with E-state index in [1.807, 2.05) is 19.1 Å². The molecule has 2 heterocycles. The van der Waals surface area contributed by atoms with Gasteiger partial charge < -0.3 is 18.9 Å². The van der Waals surface area contributed by atoms with Gasteiger partial charge in [0.05, 0.1) is 52.7 Å². The standard InChI is InChI=1S/C28H28Br2N2O6S/c1-6-8-20-23(27(34)38-7-2)24(17-14-16(35-3)9-10-21(17)36-4)32-26(33)22(39-28(32)31-20)13-15-11-18(29)25(37-5)19(30)12-15/h9-14,24H,6-8H2,1-5H3/b22-13-/t24-/m0/s1. The first-order chi connectivity index (χ1) is 18.8. The van der Waals surface area contributed by atoms with E-state index < -0.39 is 12.0 Å². The van der Waals surface area contributed by atoms with Gasteiger partial charge in [-0.05, 0) is 87.2 Å². The Kier molecular flexibility index (Phi) is 9.35. The molecule has 0 aliphatic carbocycles. The van der Waals surface area contributed by atoms with Crippen molar-refractivity contribution in [1.29, 1.82) is 0 Å². The highest BCUT2D eigenvalue weighted by Gasteiger charge is 2.36. The highest BCUT2D eigenvalue weighted by atomic mass is 79.9. The molecule has 0 N–H and O–H groups in total. The van der Waals surface area contributed by atoms with E-state index in [2.05, 4.69) is 31.9 Å². The van der Waals surface area contributed by atoms with E-state index in [-0.39, 0.29) is 12.2 Å². The predicted octanol–water partition coefficient (Wildman–Crippen LogP) is 5.13. The first-order valence-electron chi connectivity index (χ1n) is 12.2. The van der Waals surface area contributed by atoms with Crippen LogP contribution in [0.1, 0.15) is 43.9 Å². The molecule has 2 aromatic carbocycles. The molecule has 1 aliphatic heterocycles. The van der Waals surface area contributed by atoms with Gasteiger partial charge in [0.1, 0.15) is 23.3 Å². The minimum atomic E-state index is -0.816. The van der Waals surface area contributed by atoms with Crippen LogP contribution < -0.4 is 29.1 Å². The molecule has 4 rings (SSSR count). The summed E-state index contributed by atoms with van der Waals surface area (Å²) < 4.78 is 25.5. The molecule has 0 fully saturated rings. The Balaban J connectivity index is 2.05. The molecule has 3 aromatic rings. The summed E-state index contributed by atoms with van der Waals surface area (Å²) in [7, 11) is 4.70. The molecule has 0 radical (unpaired) electrons. The summed E-state index contributed by atoms with van der Waals surface area (Å²) in [4.78, 5) is 32.7. The van der Waals surface area contributed by atoms with Crippen molar-refractivity contribution >= 4 is 55.2 Å². The fraction of sp³-hybridized carbons (Fsp3) is 0.321. The number of methoxy groups -OCH3 is 3. The van der Waals surface area contributed by atoms with Gasteiger partial charge in [0.2, 0.25) is 0 Å². The van der Waals surface area contributed by atoms with Crippen molar-refractivity contribution in [3.05, 3.63) is 81.4 Å². The third-order valence-corrected chi connectivity index (χ3v) is 8.31. The lowest BCUT2D eigenvalue weighted by Gasteiger charge is -2.27. The van der Waals surface area contributed by atoms with E-state index in [1.165, 1.54) is 11.3 Å². The Labute approximate surface area is 246 Å². The van der Waals surface area contributed by atoms with Crippen molar-refractivity contribution in [2.24, 2.45) is 4.99 Å². The lowest BCUT2D eigenvalue weighted by atomic mass is 9.93. The van der Waals surface area contributed by atoms with Crippen molar-refractivity contribution in [1.82, 2.24) is 4.57 Å². The van der Waals surface area contributed by atoms with Gasteiger partial charge in [0.25, 0.3) is 5.56 Å². The summed E-state index contributed by atoms with van der Waals surface area (Å²) in [6.07, 6.45) is 3.10. The van der Waals surface area contributed by atoms with E-state index >= 15 is 0 Å². The lowest BCUT2D eigenvalue weighted by Crippen LogP contribution is -2.40. The summed E-state index contributed by atoms with van der Waals surface area (Å²) >= 11 is 8.31. The van der Waals surface area contributed by atoms with Crippen molar-refractivity contribution in [3.8, 4) is 17.2 Å². The van der Waals surface area contributed by atoms with E-state index in [0.29, 0.717) is 49.8 Å². The Bertz CT molecular complexity index is 1600. The van der Waals surface area contributed by atoms with Crippen LogP contribution in [0, 0.1) is 0 Å². The number of allylic oxidation sites excluding steroid dienone is 1. The van der Waals surface area contributed by atoms with E-state index in [9.17, 15) is 9.59 Å². The fourth-order valence-corrected chi connectivity index (χ4v) is 7.04. The smallest absolute Gasteiger partial charge is 0.338 e. The molecule has 1 aromatic heterocycles. The number of halogens is 2. The maximum absolute atomic E-state index is 14.0. The van der Waals surface area contributed by atoms with Crippen molar-refractivity contribution in [2.75, 3.05) is 27.9 Å². The second-order valence-electron chi connectivity index (χ2n) is 8.54. The van der Waals surface area contributed by atoms with Crippen LogP contribution in [0.4, 0.5) is 0 Å². The van der Waals surface area contributed by atoms with Crippen molar-refractivity contribution in [3.63, 3.8) is 0 Å². The average molecular weight is 680 g/mol. The molecule has 0 spiro atoms. The zero-order valence-corrected chi connectivity index (χ0v) is 26.2. The average Bonchev–Trinajstić information content (AvgIpc) is 3.21. The molecule has 1 atom stereocenters. The molecule has 8 nitrogen and oxygen atoms in total. The van der Waals surface area contributed by atoms with Crippen LogP contribution in [0.3, 0.4) is 0 Å². The van der Waals surface area contributed by atoms with Crippen molar-refractivity contribution in [2.45, 2.75) is 32.7 Å². The fourth-order valence-electron chi connectivity index (χ4n) is 4.48. The van der Waals surface area contributed by atoms with Gasteiger partial charge in [-0.15, -0.1) is 0 Å². The van der Waals surface area contributed by atoms with E-state index in [0.717, 1.165) is 20.9 Å². The van der Waals surface area contributed by atoms with Crippen LogP contribution in [0.2, 0.25) is 0 Å². The molecular formula is C28H28Br2N2O6S. The quantitative estimate of drug-likeness (QED) is 0.292. The molecule has 1 aliphatic rings. The Morgan fingerprint density at radius 2 is 1.79 bits per heavy atom. The highest BCUT2D eigenvalue weighted by molar-refractivity contribution is 9.11. The lowest BCUT2D eigenvalue weighted by molar-refractivity contribution is -0.139. The van der Waals surface area contributed by atoms with E-state index in [4.69, 9.17) is 23.9 Å². The van der Waals surface area contributed by atoms with Crippen LogP contribution in [-0.2, 0) is 9.53 Å². The Morgan fingerprint density at radius 1 is 1.08 bits per heavy atom. The third-order valence-electron chi connectivity index (χ3n) is 6.15. The molecule has 0 saturated carbocycles. The van der Waals surface area contributed by atoms with Crippen LogP contribution in [0.5, 0.6) is 17.2 Å². The molecular weight excluding hydrogens is 652 g/mol. The normalized spacial score (nSPS) is 15.1. The van der Waals surface area contributed by atoms with Crippen LogP contribution in [-0.4, -0.2) is 38.5 Å². The summed E-state index contributed by atoms with van der Waals surface area (Å²) in [6, 6.07) is 8.24. The molecule has 0 unspecified atom stereocenters. The summed E-state index contributed by atoms with van der Waals surface area (Å²) in [5.41, 5.74) is 2.02. The molecule has 0 bridgehead atoms. The van der Waals surface area contributed by atoms with Gasteiger partial charge in [-0.25, -0.2) is 9.79 Å². The largest absolute Gasteiger partial charge is 0.497 e. The second kappa shape index (κ2) is 12.5. The number of hydrogen-bond acceptors (Lipinski definition) is 8. The van der Waals surface area contributed by atoms with Crippen molar-refractivity contribution < 1.29 is 23.7 Å². The Hall–Kier alpha value is -2.89. The number of benzene rings is 2. The van der Waals surface area contributed by atoms with Gasteiger partial charge in [0, 0.05) is 5.56 Å². The maximum Gasteiger partial charge on any atom is 0.338 e. The first-order valence-corrected chi connectivity index (χ1v) is 14.6. The summed E-state index contributed by atoms with van der Waals surface area (Å²) in [5.74, 6) is 1.22. The number of hydrogen-bond donors (Lipinski definition) is 0. The second-order valence-corrected chi connectivity index (χ2v) is 11.3. The van der Waals surface area contributed by atoms with Crippen LogP contribution >= 0.6 is 43.2 Å². The zero-order valence-electron chi connectivity index (χ0n) is 22.2. The van der Waals surface area contributed by atoms with Crippen LogP contribution in [0.25, 0.3) is 6.08 Å². The van der Waals surface area contributed by atoms with Gasteiger partial charge in [-0.1, -0.05) is 24.7 Å². The van der Waals surface area contributed by atoms with Gasteiger partial charge >= 0.3 is 5.97 Å². The number of carbonyl (C=O) groups is 1. The number of rotatable bonds is 9. The number of thiazole rings is 1. The maximum atomic E-state index is 14.0. The molecule has 0 saturated heterocycles. The van der Waals surface area contributed by atoms with Gasteiger partial charge in [0.15, 0.2) is 4.80 Å².